The molecule has 2 heterocycles. The number of halogens is 1. The van der Waals surface area contributed by atoms with Gasteiger partial charge in [-0.2, -0.15) is 10.4 Å². The lowest BCUT2D eigenvalue weighted by Gasteiger charge is -2.02. The molecule has 0 spiro atoms. The SMILES string of the molecule is COc1cc(Br)c2c(C#N)cnn2c1. The summed E-state index contributed by atoms with van der Waals surface area (Å²) < 4.78 is 7.48. The first-order chi connectivity index (χ1) is 6.76. The van der Waals surface area contributed by atoms with Crippen LogP contribution in [0, 0.1) is 11.3 Å². The monoisotopic (exact) mass is 251 g/mol. The summed E-state index contributed by atoms with van der Waals surface area (Å²) in [5.74, 6) is 0.692. The summed E-state index contributed by atoms with van der Waals surface area (Å²) >= 11 is 3.37. The predicted octanol–water partition coefficient (Wildman–Crippen LogP) is 1.98. The Balaban J connectivity index is 2.80. The minimum Gasteiger partial charge on any atom is -0.495 e. The quantitative estimate of drug-likeness (QED) is 0.779. The number of nitrogens with zero attached hydrogens (tertiary/aromatic N) is 3. The number of hydrogen-bond acceptors (Lipinski definition) is 3. The summed E-state index contributed by atoms with van der Waals surface area (Å²) in [6.45, 7) is 0. The van der Waals surface area contributed by atoms with Gasteiger partial charge in [0.05, 0.1) is 30.6 Å². The highest BCUT2D eigenvalue weighted by atomic mass is 79.9. The predicted molar refractivity (Wildman–Crippen MR) is 54.2 cm³/mol. The highest BCUT2D eigenvalue weighted by Gasteiger charge is 2.08. The van der Waals surface area contributed by atoms with Crippen LogP contribution >= 0.6 is 15.9 Å². The number of fused-ring (bicyclic) bond motifs is 1. The van der Waals surface area contributed by atoms with E-state index in [0.717, 1.165) is 9.99 Å². The van der Waals surface area contributed by atoms with Gasteiger partial charge in [0, 0.05) is 4.47 Å². The topological polar surface area (TPSA) is 50.3 Å². The summed E-state index contributed by atoms with van der Waals surface area (Å²) in [6.07, 6.45) is 3.25. The van der Waals surface area contributed by atoms with E-state index in [0.29, 0.717) is 11.3 Å². The Morgan fingerprint density at radius 2 is 2.43 bits per heavy atom. The largest absolute Gasteiger partial charge is 0.495 e. The standard InChI is InChI=1S/C9H6BrN3O/c1-14-7-2-8(10)9-6(3-11)4-12-13(9)5-7/h2,4-5H,1H3. The van der Waals surface area contributed by atoms with E-state index in [4.69, 9.17) is 10.00 Å². The van der Waals surface area contributed by atoms with E-state index in [-0.39, 0.29) is 0 Å². The summed E-state index contributed by atoms with van der Waals surface area (Å²) in [6, 6.07) is 3.88. The van der Waals surface area contributed by atoms with Gasteiger partial charge in [0.1, 0.15) is 11.8 Å². The van der Waals surface area contributed by atoms with E-state index in [2.05, 4.69) is 27.1 Å². The van der Waals surface area contributed by atoms with Crippen LogP contribution in [0.15, 0.2) is 22.9 Å². The maximum absolute atomic E-state index is 8.82. The molecular formula is C9H6BrN3O. The molecule has 14 heavy (non-hydrogen) atoms. The van der Waals surface area contributed by atoms with E-state index >= 15 is 0 Å². The Morgan fingerprint density at radius 3 is 3.07 bits per heavy atom. The fourth-order valence-corrected chi connectivity index (χ4v) is 1.86. The van der Waals surface area contributed by atoms with Gasteiger partial charge in [-0.05, 0) is 22.0 Å². The van der Waals surface area contributed by atoms with Gasteiger partial charge >= 0.3 is 0 Å². The fraction of sp³-hybridized carbons (Fsp3) is 0.111. The van der Waals surface area contributed by atoms with Crippen molar-refractivity contribution in [2.75, 3.05) is 7.11 Å². The molecule has 0 atom stereocenters. The highest BCUT2D eigenvalue weighted by Crippen LogP contribution is 2.25. The normalized spacial score (nSPS) is 10.1. The molecule has 5 heteroatoms. The zero-order chi connectivity index (χ0) is 10.1. The lowest BCUT2D eigenvalue weighted by molar-refractivity contribution is 0.411. The number of aromatic nitrogens is 2. The number of ether oxygens (including phenoxy) is 1. The molecule has 0 aliphatic heterocycles. The maximum atomic E-state index is 8.82. The molecule has 0 aliphatic carbocycles. The van der Waals surface area contributed by atoms with E-state index in [1.807, 2.05) is 0 Å². The lowest BCUT2D eigenvalue weighted by Crippen LogP contribution is -1.91. The van der Waals surface area contributed by atoms with E-state index in [1.165, 1.54) is 6.20 Å². The van der Waals surface area contributed by atoms with Crippen molar-refractivity contribution in [1.29, 1.82) is 5.26 Å². The third-order valence-electron chi connectivity index (χ3n) is 1.90. The van der Waals surface area contributed by atoms with Crippen LogP contribution in [0.1, 0.15) is 5.56 Å². The van der Waals surface area contributed by atoms with Crippen LogP contribution in [0.4, 0.5) is 0 Å². The van der Waals surface area contributed by atoms with E-state index in [9.17, 15) is 0 Å². The average molecular weight is 252 g/mol. The molecule has 0 aromatic carbocycles. The summed E-state index contributed by atoms with van der Waals surface area (Å²) in [7, 11) is 1.59. The Hall–Kier alpha value is -1.54. The molecule has 0 unspecified atom stereocenters. The van der Waals surface area contributed by atoms with Crippen LogP contribution in [0.25, 0.3) is 5.52 Å². The van der Waals surface area contributed by atoms with Gasteiger partial charge < -0.3 is 4.74 Å². The van der Waals surface area contributed by atoms with Crippen molar-refractivity contribution in [3.8, 4) is 11.8 Å². The molecular weight excluding hydrogens is 246 g/mol. The first-order valence-corrected chi connectivity index (χ1v) is 4.66. The first-order valence-electron chi connectivity index (χ1n) is 3.87. The first kappa shape index (κ1) is 9.03. The molecule has 0 amide bonds. The van der Waals surface area contributed by atoms with E-state index in [1.54, 1.807) is 23.9 Å². The van der Waals surface area contributed by atoms with E-state index < -0.39 is 0 Å². The van der Waals surface area contributed by atoms with Gasteiger partial charge in [0.25, 0.3) is 0 Å². The number of hydrogen-bond donors (Lipinski definition) is 0. The van der Waals surface area contributed by atoms with Gasteiger partial charge in [0.15, 0.2) is 0 Å². The van der Waals surface area contributed by atoms with Crippen LogP contribution in [-0.2, 0) is 0 Å². The molecule has 70 valence electrons. The number of methoxy groups -OCH3 is 1. The third kappa shape index (κ3) is 1.24. The fourth-order valence-electron chi connectivity index (χ4n) is 1.24. The summed E-state index contributed by atoms with van der Waals surface area (Å²) in [4.78, 5) is 0. The maximum Gasteiger partial charge on any atom is 0.138 e. The minimum absolute atomic E-state index is 0.541. The van der Waals surface area contributed by atoms with Crippen LogP contribution in [0.2, 0.25) is 0 Å². The minimum atomic E-state index is 0.541. The molecule has 0 fully saturated rings. The second kappa shape index (κ2) is 3.31. The lowest BCUT2D eigenvalue weighted by atomic mass is 10.3. The zero-order valence-electron chi connectivity index (χ0n) is 7.36. The molecule has 0 saturated carbocycles. The molecule has 0 N–H and O–H groups in total. The number of pyridine rings is 1. The van der Waals surface area contributed by atoms with Crippen LogP contribution in [0.3, 0.4) is 0 Å². The van der Waals surface area contributed by atoms with Crippen LogP contribution in [-0.4, -0.2) is 16.7 Å². The molecule has 0 radical (unpaired) electrons. The molecule has 0 aliphatic rings. The molecule has 4 nitrogen and oxygen atoms in total. The zero-order valence-corrected chi connectivity index (χ0v) is 8.95. The number of rotatable bonds is 1. The second-order valence-corrected chi connectivity index (χ2v) is 3.55. The highest BCUT2D eigenvalue weighted by molar-refractivity contribution is 9.10. The second-order valence-electron chi connectivity index (χ2n) is 2.69. The number of nitriles is 1. The summed E-state index contributed by atoms with van der Waals surface area (Å²) in [5, 5.41) is 12.9. The van der Waals surface area contributed by atoms with Crippen molar-refractivity contribution in [2.45, 2.75) is 0 Å². The van der Waals surface area contributed by atoms with Gasteiger partial charge in [-0.3, -0.25) is 0 Å². The van der Waals surface area contributed by atoms with Crippen molar-refractivity contribution in [1.82, 2.24) is 9.61 Å². The van der Waals surface area contributed by atoms with Crippen molar-refractivity contribution in [2.24, 2.45) is 0 Å². The van der Waals surface area contributed by atoms with Gasteiger partial charge in [0.2, 0.25) is 0 Å². The Kier molecular flexibility index (Phi) is 2.14. The Labute approximate surface area is 88.8 Å². The van der Waals surface area contributed by atoms with Gasteiger partial charge in [-0.15, -0.1) is 0 Å². The molecule has 2 aromatic heterocycles. The van der Waals surface area contributed by atoms with Crippen LogP contribution in [0.5, 0.6) is 5.75 Å². The third-order valence-corrected chi connectivity index (χ3v) is 2.50. The van der Waals surface area contributed by atoms with Crippen molar-refractivity contribution in [3.63, 3.8) is 0 Å². The molecule has 2 rings (SSSR count). The van der Waals surface area contributed by atoms with Gasteiger partial charge in [-0.25, -0.2) is 4.52 Å². The Bertz CT molecular complexity index is 527. The smallest absolute Gasteiger partial charge is 0.138 e. The van der Waals surface area contributed by atoms with Gasteiger partial charge in [-0.1, -0.05) is 0 Å². The van der Waals surface area contributed by atoms with Crippen molar-refractivity contribution in [3.05, 3.63) is 28.5 Å². The molecule has 2 aromatic rings. The average Bonchev–Trinajstić information content (AvgIpc) is 2.61. The Morgan fingerprint density at radius 1 is 1.64 bits per heavy atom. The van der Waals surface area contributed by atoms with Crippen LogP contribution < -0.4 is 4.74 Å². The van der Waals surface area contributed by atoms with Crippen molar-refractivity contribution < 1.29 is 4.74 Å². The summed E-state index contributed by atoms with van der Waals surface area (Å²) in [5.41, 5.74) is 1.30. The van der Waals surface area contributed by atoms with Crippen molar-refractivity contribution >= 4 is 21.4 Å². The molecule has 0 saturated heterocycles. The molecule has 0 bridgehead atoms.